The molecule has 0 spiro atoms. The molecule has 6 aromatic carbocycles. The van der Waals surface area contributed by atoms with Gasteiger partial charge in [-0.2, -0.15) is 0 Å². The molecular weight excluding hydrogens is 532 g/mol. The summed E-state index contributed by atoms with van der Waals surface area (Å²) in [7, 11) is 0. The number of nitrogens with zero attached hydrogens (tertiary/aromatic N) is 2. The smallest absolute Gasteiger partial charge is 0.0544 e. The molecule has 2 nitrogen and oxygen atoms in total. The van der Waals surface area contributed by atoms with Gasteiger partial charge >= 0.3 is 0 Å². The van der Waals surface area contributed by atoms with Crippen molar-refractivity contribution in [3.8, 4) is 22.5 Å². The third-order valence-corrected chi connectivity index (χ3v) is 10.1. The Morgan fingerprint density at radius 3 is 1.77 bits per heavy atom. The van der Waals surface area contributed by atoms with Crippen molar-refractivity contribution in [2.45, 2.75) is 40.0 Å². The predicted molar refractivity (Wildman–Crippen MR) is 187 cm³/mol. The summed E-state index contributed by atoms with van der Waals surface area (Å²) < 4.78 is 4.95. The Bertz CT molecular complexity index is 2480. The van der Waals surface area contributed by atoms with Crippen LogP contribution in [0.4, 0.5) is 0 Å². The number of rotatable bonds is 2. The average molecular weight is 567 g/mol. The Labute approximate surface area is 257 Å². The van der Waals surface area contributed by atoms with Gasteiger partial charge in [-0.3, -0.25) is 0 Å². The molecule has 2 aromatic heterocycles. The molecule has 0 amide bonds. The largest absolute Gasteiger partial charge is 0.309 e. The van der Waals surface area contributed by atoms with Crippen LogP contribution < -0.4 is 0 Å². The molecule has 0 N–H and O–H groups in total. The molecule has 0 saturated carbocycles. The van der Waals surface area contributed by atoms with Gasteiger partial charge in [0.15, 0.2) is 0 Å². The Balaban J connectivity index is 1.36. The van der Waals surface area contributed by atoms with Gasteiger partial charge < -0.3 is 9.13 Å². The van der Waals surface area contributed by atoms with E-state index < -0.39 is 0 Å². The number of fused-ring (bicyclic) bond motifs is 9. The summed E-state index contributed by atoms with van der Waals surface area (Å²) in [5.74, 6) is 0. The molecule has 0 radical (unpaired) electrons. The zero-order valence-electron chi connectivity index (χ0n) is 25.9. The summed E-state index contributed by atoms with van der Waals surface area (Å²) in [5, 5.41) is 5.15. The first-order valence-corrected chi connectivity index (χ1v) is 15.6. The lowest BCUT2D eigenvalue weighted by Gasteiger charge is -2.21. The topological polar surface area (TPSA) is 9.86 Å². The number of hydrogen-bond donors (Lipinski definition) is 0. The summed E-state index contributed by atoms with van der Waals surface area (Å²) in [6.07, 6.45) is 0. The normalized spacial score (nSPS) is 13.8. The third-order valence-electron chi connectivity index (χ3n) is 10.1. The maximum atomic E-state index is 2.48. The van der Waals surface area contributed by atoms with Crippen molar-refractivity contribution in [2.24, 2.45) is 0 Å². The number of para-hydroxylation sites is 2. The van der Waals surface area contributed by atoms with E-state index >= 15 is 0 Å². The highest BCUT2D eigenvalue weighted by molar-refractivity contribution is 6.13. The van der Waals surface area contributed by atoms with E-state index in [0.717, 1.165) is 0 Å². The van der Waals surface area contributed by atoms with E-state index in [1.165, 1.54) is 93.9 Å². The van der Waals surface area contributed by atoms with Crippen molar-refractivity contribution in [3.05, 3.63) is 143 Å². The number of aryl methyl sites for hydroxylation is 3. The van der Waals surface area contributed by atoms with E-state index in [2.05, 4.69) is 159 Å². The monoisotopic (exact) mass is 566 g/mol. The van der Waals surface area contributed by atoms with Crippen LogP contribution >= 0.6 is 0 Å². The van der Waals surface area contributed by atoms with Crippen LogP contribution in [0.5, 0.6) is 0 Å². The summed E-state index contributed by atoms with van der Waals surface area (Å²) in [4.78, 5) is 0. The van der Waals surface area contributed by atoms with Gasteiger partial charge in [0.2, 0.25) is 0 Å². The molecule has 2 heterocycles. The fraction of sp³-hybridized carbons (Fsp3) is 0.143. The molecule has 212 valence electrons. The minimum Gasteiger partial charge on any atom is -0.309 e. The van der Waals surface area contributed by atoms with Gasteiger partial charge in [0, 0.05) is 32.6 Å². The van der Waals surface area contributed by atoms with Crippen molar-refractivity contribution < 1.29 is 0 Å². The van der Waals surface area contributed by atoms with Crippen molar-refractivity contribution in [3.63, 3.8) is 0 Å². The molecule has 0 bridgehead atoms. The molecule has 0 saturated heterocycles. The van der Waals surface area contributed by atoms with Crippen molar-refractivity contribution in [1.29, 1.82) is 0 Å². The molecular formula is C42H34N2. The molecule has 0 unspecified atom stereocenters. The Kier molecular flexibility index (Phi) is 5.05. The van der Waals surface area contributed by atoms with Crippen LogP contribution in [0.3, 0.4) is 0 Å². The molecule has 0 aliphatic heterocycles. The van der Waals surface area contributed by atoms with Crippen LogP contribution in [0.15, 0.2) is 115 Å². The maximum absolute atomic E-state index is 2.48. The van der Waals surface area contributed by atoms with Crippen LogP contribution in [0, 0.1) is 20.8 Å². The minimum atomic E-state index is -0.0530. The standard InChI is InChI=1S/C42H34N2/c1-25-20-26(2)41(27(3)21-25)44-38-17-11-8-13-30(38)33-22-28(18-19-39(33)44)43-37-16-10-7-14-31(37)34-23-32-29-12-6-9-15-35(29)42(4,5)36(32)24-40(34)43/h6-24H,1-5H3. The first-order valence-electron chi connectivity index (χ1n) is 15.6. The van der Waals surface area contributed by atoms with Crippen molar-refractivity contribution in [1.82, 2.24) is 9.13 Å². The Morgan fingerprint density at radius 2 is 1.05 bits per heavy atom. The molecule has 0 atom stereocenters. The van der Waals surface area contributed by atoms with Crippen molar-refractivity contribution in [2.75, 3.05) is 0 Å². The van der Waals surface area contributed by atoms with Gasteiger partial charge in [0.1, 0.15) is 0 Å². The summed E-state index contributed by atoms with van der Waals surface area (Å²) in [6, 6.07) is 43.2. The lowest BCUT2D eigenvalue weighted by molar-refractivity contribution is 0.661. The summed E-state index contributed by atoms with van der Waals surface area (Å²) >= 11 is 0. The quantitative estimate of drug-likeness (QED) is 0.197. The van der Waals surface area contributed by atoms with Gasteiger partial charge in [-0.15, -0.1) is 0 Å². The van der Waals surface area contributed by atoms with Gasteiger partial charge in [-0.05, 0) is 96.6 Å². The van der Waals surface area contributed by atoms with Crippen LogP contribution in [0.25, 0.3) is 66.1 Å². The summed E-state index contributed by atoms with van der Waals surface area (Å²) in [6.45, 7) is 11.4. The van der Waals surface area contributed by atoms with Crippen LogP contribution in [-0.4, -0.2) is 9.13 Å². The first-order chi connectivity index (χ1) is 21.3. The second-order valence-electron chi connectivity index (χ2n) is 13.2. The molecule has 0 fully saturated rings. The fourth-order valence-corrected chi connectivity index (χ4v) is 8.31. The van der Waals surface area contributed by atoms with Crippen LogP contribution in [-0.2, 0) is 5.41 Å². The van der Waals surface area contributed by atoms with Crippen molar-refractivity contribution >= 4 is 43.6 Å². The van der Waals surface area contributed by atoms with Crippen LogP contribution in [0.1, 0.15) is 41.7 Å². The van der Waals surface area contributed by atoms with E-state index in [9.17, 15) is 0 Å². The zero-order chi connectivity index (χ0) is 29.9. The molecule has 9 rings (SSSR count). The number of benzene rings is 6. The van der Waals surface area contributed by atoms with E-state index in [-0.39, 0.29) is 5.41 Å². The zero-order valence-corrected chi connectivity index (χ0v) is 25.9. The first kappa shape index (κ1) is 25.4. The van der Waals surface area contributed by atoms with Crippen LogP contribution in [0.2, 0.25) is 0 Å². The molecule has 1 aliphatic rings. The molecule has 2 heteroatoms. The highest BCUT2D eigenvalue weighted by Gasteiger charge is 2.36. The lowest BCUT2D eigenvalue weighted by atomic mass is 9.82. The lowest BCUT2D eigenvalue weighted by Crippen LogP contribution is -2.14. The molecule has 8 aromatic rings. The van der Waals surface area contributed by atoms with Gasteiger partial charge in [-0.25, -0.2) is 0 Å². The maximum Gasteiger partial charge on any atom is 0.0544 e. The Hall–Kier alpha value is -5.08. The van der Waals surface area contributed by atoms with E-state index in [0.29, 0.717) is 0 Å². The highest BCUT2D eigenvalue weighted by Crippen LogP contribution is 2.51. The van der Waals surface area contributed by atoms with Gasteiger partial charge in [0.25, 0.3) is 0 Å². The van der Waals surface area contributed by atoms with E-state index in [1.807, 2.05) is 0 Å². The minimum absolute atomic E-state index is 0.0530. The van der Waals surface area contributed by atoms with Gasteiger partial charge in [-0.1, -0.05) is 92.2 Å². The molecule has 1 aliphatic carbocycles. The highest BCUT2D eigenvalue weighted by atomic mass is 15.0. The predicted octanol–water partition coefficient (Wildman–Crippen LogP) is 11.1. The second-order valence-corrected chi connectivity index (χ2v) is 13.2. The Morgan fingerprint density at radius 1 is 0.455 bits per heavy atom. The summed E-state index contributed by atoms with van der Waals surface area (Å²) in [5.41, 5.74) is 16.9. The SMILES string of the molecule is Cc1cc(C)c(-n2c3ccccc3c3cc(-n4c5ccccc5c5cc6c(cc54)C(C)(C)c4ccccc4-6)ccc32)c(C)c1. The average Bonchev–Trinajstić information content (AvgIpc) is 3.60. The molecule has 44 heavy (non-hydrogen) atoms. The number of hydrogen-bond acceptors (Lipinski definition) is 0. The third kappa shape index (κ3) is 3.26. The second kappa shape index (κ2) is 8.74. The fourth-order valence-electron chi connectivity index (χ4n) is 8.31. The van der Waals surface area contributed by atoms with E-state index in [4.69, 9.17) is 0 Å². The number of aromatic nitrogens is 2. The van der Waals surface area contributed by atoms with E-state index in [1.54, 1.807) is 0 Å². The van der Waals surface area contributed by atoms with Gasteiger partial charge in [0.05, 0.1) is 27.8 Å².